The third kappa shape index (κ3) is 3.80. The van der Waals surface area contributed by atoms with Crippen molar-refractivity contribution in [1.82, 2.24) is 5.32 Å². The van der Waals surface area contributed by atoms with E-state index >= 15 is 0 Å². The Hall–Kier alpha value is -0.910. The molecule has 0 aromatic carbocycles. The number of rotatable bonds is 2. The van der Waals surface area contributed by atoms with Crippen LogP contribution in [0.15, 0.2) is 0 Å². The SMILES string of the molecule is CC1CC(NC(=O)OC(C)(C)C)(C(=O)O)CS1. The van der Waals surface area contributed by atoms with Crippen LogP contribution in [0.2, 0.25) is 0 Å². The fourth-order valence-corrected chi connectivity index (χ4v) is 2.97. The van der Waals surface area contributed by atoms with Crippen LogP contribution in [0.5, 0.6) is 0 Å². The normalized spacial score (nSPS) is 28.8. The summed E-state index contributed by atoms with van der Waals surface area (Å²) in [5.41, 5.74) is -1.81. The molecule has 0 aromatic heterocycles. The first-order valence-corrected chi connectivity index (χ1v) is 6.56. The lowest BCUT2D eigenvalue weighted by molar-refractivity contribution is -0.143. The van der Waals surface area contributed by atoms with Crippen LogP contribution in [-0.2, 0) is 9.53 Å². The Morgan fingerprint density at radius 3 is 2.41 bits per heavy atom. The Morgan fingerprint density at radius 2 is 2.06 bits per heavy atom. The first-order chi connectivity index (χ1) is 7.65. The van der Waals surface area contributed by atoms with Crippen LogP contribution in [0.25, 0.3) is 0 Å². The summed E-state index contributed by atoms with van der Waals surface area (Å²) in [6.07, 6.45) is -0.249. The van der Waals surface area contributed by atoms with Gasteiger partial charge in [-0.05, 0) is 27.2 Å². The molecule has 0 radical (unpaired) electrons. The number of amides is 1. The van der Waals surface area contributed by atoms with Gasteiger partial charge in [-0.2, -0.15) is 11.8 Å². The van der Waals surface area contributed by atoms with Crippen molar-refractivity contribution in [3.63, 3.8) is 0 Å². The van der Waals surface area contributed by atoms with Crippen molar-refractivity contribution in [1.29, 1.82) is 0 Å². The number of hydrogen-bond acceptors (Lipinski definition) is 4. The molecular formula is C11H19NO4S. The number of carbonyl (C=O) groups excluding carboxylic acids is 1. The molecule has 0 saturated carbocycles. The van der Waals surface area contributed by atoms with Crippen LogP contribution in [0.3, 0.4) is 0 Å². The molecule has 1 heterocycles. The molecule has 6 heteroatoms. The van der Waals surface area contributed by atoms with Crippen molar-refractivity contribution >= 4 is 23.8 Å². The van der Waals surface area contributed by atoms with E-state index in [1.54, 1.807) is 32.5 Å². The second kappa shape index (κ2) is 4.76. The quantitative estimate of drug-likeness (QED) is 0.793. The minimum Gasteiger partial charge on any atom is -0.479 e. The minimum atomic E-state index is -1.19. The Balaban J connectivity index is 2.69. The molecular weight excluding hydrogens is 242 g/mol. The Labute approximate surface area is 105 Å². The summed E-state index contributed by atoms with van der Waals surface area (Å²) in [4.78, 5) is 22.9. The highest BCUT2D eigenvalue weighted by Gasteiger charge is 2.46. The zero-order valence-corrected chi connectivity index (χ0v) is 11.4. The molecule has 0 spiro atoms. The molecule has 1 aliphatic heterocycles. The number of carboxylic acid groups (broad SMARTS) is 1. The van der Waals surface area contributed by atoms with E-state index in [9.17, 15) is 14.7 Å². The second-order valence-corrected chi connectivity index (χ2v) is 6.77. The van der Waals surface area contributed by atoms with Gasteiger partial charge in [0.1, 0.15) is 5.60 Å². The van der Waals surface area contributed by atoms with Crippen LogP contribution < -0.4 is 5.32 Å². The van der Waals surface area contributed by atoms with E-state index in [1.807, 2.05) is 6.92 Å². The maximum atomic E-state index is 11.6. The molecule has 0 aliphatic carbocycles. The van der Waals surface area contributed by atoms with Gasteiger partial charge in [0.2, 0.25) is 0 Å². The van der Waals surface area contributed by atoms with Crippen LogP contribution >= 0.6 is 11.8 Å². The molecule has 0 bridgehead atoms. The summed E-state index contributed by atoms with van der Waals surface area (Å²) >= 11 is 1.54. The van der Waals surface area contributed by atoms with Gasteiger partial charge in [-0.3, -0.25) is 0 Å². The highest BCUT2D eigenvalue weighted by molar-refractivity contribution is 8.00. The van der Waals surface area contributed by atoms with E-state index in [1.165, 1.54) is 0 Å². The van der Waals surface area contributed by atoms with Gasteiger partial charge in [-0.15, -0.1) is 0 Å². The third-order valence-corrected chi connectivity index (χ3v) is 3.79. The predicted octanol–water partition coefficient (Wildman–Crippen LogP) is 1.86. The lowest BCUT2D eigenvalue weighted by Gasteiger charge is -2.27. The molecule has 98 valence electrons. The molecule has 2 N–H and O–H groups in total. The Morgan fingerprint density at radius 1 is 1.47 bits per heavy atom. The first-order valence-electron chi connectivity index (χ1n) is 5.51. The molecule has 1 amide bonds. The predicted molar refractivity (Wildman–Crippen MR) is 66.3 cm³/mol. The van der Waals surface area contributed by atoms with Gasteiger partial charge < -0.3 is 15.2 Å². The van der Waals surface area contributed by atoms with Crippen molar-refractivity contribution in [3.8, 4) is 0 Å². The average Bonchev–Trinajstić information content (AvgIpc) is 2.44. The van der Waals surface area contributed by atoms with Crippen LogP contribution in [0.1, 0.15) is 34.1 Å². The summed E-state index contributed by atoms with van der Waals surface area (Å²) in [6, 6.07) is 0. The number of nitrogens with one attached hydrogen (secondary N) is 1. The monoisotopic (exact) mass is 261 g/mol. The molecule has 1 aliphatic rings. The standard InChI is InChI=1S/C11H19NO4S/c1-7-5-11(6-17-7,8(13)14)12-9(15)16-10(2,3)4/h7H,5-6H2,1-4H3,(H,12,15)(H,13,14). The first kappa shape index (κ1) is 14.2. The van der Waals surface area contributed by atoms with Gasteiger partial charge in [0, 0.05) is 11.0 Å². The van der Waals surface area contributed by atoms with E-state index < -0.39 is 23.2 Å². The van der Waals surface area contributed by atoms with Crippen LogP contribution in [-0.4, -0.2) is 39.3 Å². The zero-order valence-electron chi connectivity index (χ0n) is 10.6. The molecule has 1 saturated heterocycles. The summed E-state index contributed by atoms with van der Waals surface area (Å²) < 4.78 is 5.09. The topological polar surface area (TPSA) is 75.6 Å². The molecule has 17 heavy (non-hydrogen) atoms. The summed E-state index contributed by atoms with van der Waals surface area (Å²) in [5.74, 6) is -0.622. The number of carboxylic acids is 1. The van der Waals surface area contributed by atoms with E-state index in [4.69, 9.17) is 4.74 Å². The van der Waals surface area contributed by atoms with E-state index in [0.29, 0.717) is 12.2 Å². The van der Waals surface area contributed by atoms with Crippen molar-refractivity contribution in [2.45, 2.75) is 50.5 Å². The number of aliphatic carboxylic acids is 1. The van der Waals surface area contributed by atoms with Gasteiger partial charge in [-0.1, -0.05) is 6.92 Å². The van der Waals surface area contributed by atoms with Crippen molar-refractivity contribution in [2.75, 3.05) is 5.75 Å². The molecule has 0 aromatic rings. The fraction of sp³-hybridized carbons (Fsp3) is 0.818. The lowest BCUT2D eigenvalue weighted by atomic mass is 9.97. The number of carbonyl (C=O) groups is 2. The second-order valence-electron chi connectivity index (χ2n) is 5.34. The number of hydrogen-bond donors (Lipinski definition) is 2. The molecule has 5 nitrogen and oxygen atoms in total. The van der Waals surface area contributed by atoms with E-state index in [-0.39, 0.29) is 5.25 Å². The van der Waals surface area contributed by atoms with Crippen molar-refractivity contribution in [2.24, 2.45) is 0 Å². The van der Waals surface area contributed by atoms with Crippen molar-refractivity contribution < 1.29 is 19.4 Å². The summed E-state index contributed by atoms with van der Waals surface area (Å²) in [7, 11) is 0. The van der Waals surface area contributed by atoms with Gasteiger partial charge in [0.05, 0.1) is 0 Å². The number of ether oxygens (including phenoxy) is 1. The maximum absolute atomic E-state index is 11.6. The lowest BCUT2D eigenvalue weighted by Crippen LogP contribution is -2.56. The van der Waals surface area contributed by atoms with Gasteiger partial charge in [-0.25, -0.2) is 9.59 Å². The summed E-state index contributed by atoms with van der Waals surface area (Å²) in [5, 5.41) is 12.0. The fourth-order valence-electron chi connectivity index (χ4n) is 1.68. The maximum Gasteiger partial charge on any atom is 0.408 e. The van der Waals surface area contributed by atoms with E-state index in [0.717, 1.165) is 0 Å². The Kier molecular flexibility index (Phi) is 3.96. The highest BCUT2D eigenvalue weighted by atomic mass is 32.2. The van der Waals surface area contributed by atoms with E-state index in [2.05, 4.69) is 5.32 Å². The zero-order chi connectivity index (χ0) is 13.3. The van der Waals surface area contributed by atoms with Crippen LogP contribution in [0.4, 0.5) is 4.79 Å². The molecule has 2 atom stereocenters. The van der Waals surface area contributed by atoms with Gasteiger partial charge >= 0.3 is 12.1 Å². The van der Waals surface area contributed by atoms with Gasteiger partial charge in [0.15, 0.2) is 5.54 Å². The Bertz CT molecular complexity index is 326. The van der Waals surface area contributed by atoms with Gasteiger partial charge in [0.25, 0.3) is 0 Å². The smallest absolute Gasteiger partial charge is 0.408 e. The van der Waals surface area contributed by atoms with Crippen LogP contribution in [0, 0.1) is 0 Å². The summed E-state index contributed by atoms with van der Waals surface area (Å²) in [6.45, 7) is 7.18. The number of thioether (sulfide) groups is 1. The average molecular weight is 261 g/mol. The third-order valence-electron chi connectivity index (χ3n) is 2.40. The van der Waals surface area contributed by atoms with Crippen molar-refractivity contribution in [3.05, 3.63) is 0 Å². The molecule has 2 unspecified atom stereocenters. The molecule has 1 rings (SSSR count). The minimum absolute atomic E-state index is 0.223. The number of alkyl carbamates (subject to hydrolysis) is 1. The highest BCUT2D eigenvalue weighted by Crippen LogP contribution is 2.34. The largest absolute Gasteiger partial charge is 0.479 e. The molecule has 1 fully saturated rings.